The van der Waals surface area contributed by atoms with E-state index < -0.39 is 5.82 Å². The average Bonchev–Trinajstić information content (AvgIpc) is 3.36. The van der Waals surface area contributed by atoms with E-state index in [4.69, 9.17) is 27.2 Å². The van der Waals surface area contributed by atoms with Crippen LogP contribution >= 0.6 is 11.6 Å². The van der Waals surface area contributed by atoms with Crippen molar-refractivity contribution in [3.8, 4) is 11.3 Å². The molecule has 0 saturated carbocycles. The van der Waals surface area contributed by atoms with Crippen LogP contribution in [0.5, 0.6) is 0 Å². The first-order valence-corrected chi connectivity index (χ1v) is 12.0. The molecule has 5 rings (SSSR count). The molecule has 4 heterocycles. The molecule has 2 aromatic heterocycles. The van der Waals surface area contributed by atoms with Crippen LogP contribution in [0.4, 0.5) is 10.3 Å². The summed E-state index contributed by atoms with van der Waals surface area (Å²) in [6, 6.07) is 3.19. The fourth-order valence-electron chi connectivity index (χ4n) is 4.48. The highest BCUT2D eigenvalue weighted by molar-refractivity contribution is 6.33. The molecule has 2 unspecified atom stereocenters. The Labute approximate surface area is 208 Å². The summed E-state index contributed by atoms with van der Waals surface area (Å²) in [6.45, 7) is 5.95. The summed E-state index contributed by atoms with van der Waals surface area (Å²) in [5, 5.41) is 9.07. The van der Waals surface area contributed by atoms with E-state index >= 15 is 0 Å². The number of amides is 1. The summed E-state index contributed by atoms with van der Waals surface area (Å²) >= 11 is 6.21. The van der Waals surface area contributed by atoms with Gasteiger partial charge in [-0.2, -0.15) is 0 Å². The van der Waals surface area contributed by atoms with Crippen LogP contribution in [-0.4, -0.2) is 68.3 Å². The molecule has 0 aliphatic carbocycles. The van der Waals surface area contributed by atoms with E-state index in [1.54, 1.807) is 11.9 Å². The first-order chi connectivity index (χ1) is 16.7. The number of aliphatic hydroxyl groups excluding tert-OH is 1. The molecule has 3 aromatic rings. The van der Waals surface area contributed by atoms with Crippen molar-refractivity contribution < 1.29 is 19.0 Å². The van der Waals surface area contributed by atoms with Crippen molar-refractivity contribution in [1.29, 1.82) is 0 Å². The quantitative estimate of drug-likeness (QED) is 0.559. The molecule has 188 valence electrons. The van der Waals surface area contributed by atoms with E-state index in [0.717, 1.165) is 19.4 Å². The zero-order chi connectivity index (χ0) is 25.3. The van der Waals surface area contributed by atoms with Crippen LogP contribution in [0.1, 0.15) is 50.9 Å². The van der Waals surface area contributed by atoms with Crippen molar-refractivity contribution in [1.82, 2.24) is 24.4 Å². The molecule has 3 N–H and O–H groups in total. The first-order valence-electron chi connectivity index (χ1n) is 11.6. The summed E-state index contributed by atoms with van der Waals surface area (Å²) in [6.07, 6.45) is 3.51. The van der Waals surface area contributed by atoms with Gasteiger partial charge in [0.25, 0.3) is 0 Å². The topological polar surface area (TPSA) is 119 Å². The fraction of sp³-hybridized carbons (Fsp3) is 0.500. The number of likely N-dealkylation sites (tertiary alicyclic amines) is 1. The van der Waals surface area contributed by atoms with Crippen molar-refractivity contribution >= 4 is 34.5 Å². The van der Waals surface area contributed by atoms with E-state index in [0.29, 0.717) is 42.2 Å². The second kappa shape index (κ2) is 10.4. The van der Waals surface area contributed by atoms with Crippen molar-refractivity contribution in [2.24, 2.45) is 0 Å². The number of carbonyl (C=O) groups excluding carboxylic acids is 1. The minimum atomic E-state index is -0.473. The Kier molecular flexibility index (Phi) is 7.53. The molecule has 2 aliphatic rings. The Morgan fingerprint density at radius 2 is 2.09 bits per heavy atom. The number of carbonyl (C=O) groups is 1. The van der Waals surface area contributed by atoms with Gasteiger partial charge in [0.05, 0.1) is 35.1 Å². The molecule has 1 aromatic carbocycles. The number of hydrogen-bond donors (Lipinski definition) is 2. The summed E-state index contributed by atoms with van der Waals surface area (Å²) in [5.74, 6) is 0.293. The molecule has 2 atom stereocenters. The number of imidazole rings is 1. The Morgan fingerprint density at radius 1 is 1.31 bits per heavy atom. The van der Waals surface area contributed by atoms with Gasteiger partial charge in [-0.25, -0.2) is 19.3 Å². The Balaban J connectivity index is 0.000000356. The number of rotatable bonds is 3. The lowest BCUT2D eigenvalue weighted by Crippen LogP contribution is -2.21. The van der Waals surface area contributed by atoms with Crippen LogP contribution in [0.25, 0.3) is 22.3 Å². The lowest BCUT2D eigenvalue weighted by molar-refractivity contribution is -0.126. The van der Waals surface area contributed by atoms with E-state index in [9.17, 15) is 9.18 Å². The van der Waals surface area contributed by atoms with E-state index in [-0.39, 0.29) is 40.5 Å². The van der Waals surface area contributed by atoms with Gasteiger partial charge in [-0.3, -0.25) is 4.79 Å². The molecule has 35 heavy (non-hydrogen) atoms. The predicted octanol–water partition coefficient (Wildman–Crippen LogP) is 3.55. The lowest BCUT2D eigenvalue weighted by Gasteiger charge is -2.17. The molecule has 2 saturated heterocycles. The number of likely N-dealkylation sites (N-methyl/N-ethyl adjacent to an activating group) is 1. The van der Waals surface area contributed by atoms with Gasteiger partial charge in [0, 0.05) is 44.1 Å². The molecular weight excluding hydrogens is 475 g/mol. The van der Waals surface area contributed by atoms with E-state index in [2.05, 4.69) is 15.0 Å². The number of nitrogen functional groups attached to an aromatic ring is 1. The largest absolute Gasteiger partial charge is 0.391 e. The number of ether oxygens (including phenoxy) is 1. The molecule has 0 bridgehead atoms. The van der Waals surface area contributed by atoms with Crippen LogP contribution in [0.15, 0.2) is 18.3 Å². The maximum Gasteiger partial charge on any atom is 0.223 e. The summed E-state index contributed by atoms with van der Waals surface area (Å²) < 4.78 is 21.9. The predicted molar refractivity (Wildman–Crippen MR) is 132 cm³/mol. The maximum absolute atomic E-state index is 15.0. The van der Waals surface area contributed by atoms with Crippen LogP contribution in [0.2, 0.25) is 5.02 Å². The standard InChI is InChI=1S/C19H20ClFN6O.C5H10O2/c1-9(2)27-14-5-10(16-12(20)7-23-19(22)25-16)4-13(21)17(14)24-18(27)11-6-15(28)26(3)8-11;6-5-2-1-3-7-4-5/h4-5,7,9,11H,6,8H2,1-3H3,(H2,22,23,25);5-6H,1-4H2. The van der Waals surface area contributed by atoms with Crippen LogP contribution in [-0.2, 0) is 9.53 Å². The fourth-order valence-corrected chi connectivity index (χ4v) is 4.68. The number of halogens is 2. The van der Waals surface area contributed by atoms with E-state index in [1.807, 2.05) is 24.5 Å². The van der Waals surface area contributed by atoms with Crippen LogP contribution in [0, 0.1) is 5.82 Å². The van der Waals surface area contributed by atoms with Gasteiger partial charge in [0.2, 0.25) is 11.9 Å². The highest BCUT2D eigenvalue weighted by Gasteiger charge is 2.33. The SMILES string of the molecule is CC(C)n1c(C2CC(=O)N(C)C2)nc2c(F)cc(-c3nc(N)ncc3Cl)cc21.OC1CCCOC1. The normalized spacial score (nSPS) is 20.4. The zero-order valence-corrected chi connectivity index (χ0v) is 20.8. The number of benzene rings is 1. The molecular formula is C24H30ClFN6O3. The maximum atomic E-state index is 15.0. The number of nitrogens with two attached hydrogens (primary N) is 1. The molecule has 0 spiro atoms. The van der Waals surface area contributed by atoms with Gasteiger partial charge in [-0.15, -0.1) is 0 Å². The van der Waals surface area contributed by atoms with Crippen molar-refractivity contribution in [3.63, 3.8) is 0 Å². The molecule has 1 amide bonds. The highest BCUT2D eigenvalue weighted by atomic mass is 35.5. The molecule has 11 heteroatoms. The second-order valence-corrected chi connectivity index (χ2v) is 9.64. The van der Waals surface area contributed by atoms with Gasteiger partial charge in [0.1, 0.15) is 11.3 Å². The number of aliphatic hydroxyl groups is 1. The smallest absolute Gasteiger partial charge is 0.223 e. The number of anilines is 1. The van der Waals surface area contributed by atoms with Gasteiger partial charge >= 0.3 is 0 Å². The van der Waals surface area contributed by atoms with Crippen LogP contribution in [0.3, 0.4) is 0 Å². The number of hydrogen-bond acceptors (Lipinski definition) is 7. The van der Waals surface area contributed by atoms with Gasteiger partial charge in [-0.1, -0.05) is 11.6 Å². The molecule has 2 aliphatic heterocycles. The summed E-state index contributed by atoms with van der Waals surface area (Å²) in [7, 11) is 1.77. The first kappa shape index (κ1) is 25.3. The van der Waals surface area contributed by atoms with Crippen molar-refractivity contribution in [2.45, 2.75) is 51.2 Å². The average molecular weight is 505 g/mol. The third kappa shape index (κ3) is 5.39. The minimum absolute atomic E-state index is 0.0293. The van der Waals surface area contributed by atoms with Crippen molar-refractivity contribution in [3.05, 3.63) is 35.0 Å². The second-order valence-electron chi connectivity index (χ2n) is 9.23. The number of fused-ring (bicyclic) bond motifs is 1. The summed E-state index contributed by atoms with van der Waals surface area (Å²) in [5.41, 5.74) is 7.45. The number of nitrogens with zero attached hydrogens (tertiary/aromatic N) is 5. The van der Waals surface area contributed by atoms with Crippen LogP contribution < -0.4 is 5.73 Å². The minimum Gasteiger partial charge on any atom is -0.391 e. The zero-order valence-electron chi connectivity index (χ0n) is 20.0. The summed E-state index contributed by atoms with van der Waals surface area (Å²) in [4.78, 5) is 26.3. The van der Waals surface area contributed by atoms with Crippen molar-refractivity contribution in [2.75, 3.05) is 32.5 Å². The Bertz CT molecular complexity index is 1230. The highest BCUT2D eigenvalue weighted by Crippen LogP contribution is 2.36. The lowest BCUT2D eigenvalue weighted by atomic mass is 10.1. The third-order valence-corrected chi connectivity index (χ3v) is 6.45. The number of aromatic nitrogens is 4. The Hall–Kier alpha value is -2.82. The molecule has 0 radical (unpaired) electrons. The van der Waals surface area contributed by atoms with Gasteiger partial charge in [0.15, 0.2) is 5.82 Å². The molecule has 9 nitrogen and oxygen atoms in total. The third-order valence-electron chi connectivity index (χ3n) is 6.17. The molecule has 2 fully saturated rings. The van der Waals surface area contributed by atoms with Gasteiger partial charge in [-0.05, 0) is 38.8 Å². The monoisotopic (exact) mass is 504 g/mol. The Morgan fingerprint density at radius 3 is 2.66 bits per heavy atom. The van der Waals surface area contributed by atoms with E-state index in [1.165, 1.54) is 12.3 Å². The van der Waals surface area contributed by atoms with Gasteiger partial charge < -0.3 is 25.0 Å².